The van der Waals surface area contributed by atoms with E-state index in [1.54, 1.807) is 43.8 Å². The van der Waals surface area contributed by atoms with Gasteiger partial charge in [0, 0.05) is 31.4 Å². The zero-order valence-corrected chi connectivity index (χ0v) is 19.6. The molecule has 1 saturated heterocycles. The zero-order valence-electron chi connectivity index (χ0n) is 19.6. The van der Waals surface area contributed by atoms with Gasteiger partial charge in [0.1, 0.15) is 5.76 Å². The van der Waals surface area contributed by atoms with Crippen molar-refractivity contribution in [1.82, 2.24) is 19.6 Å². The highest BCUT2D eigenvalue weighted by Crippen LogP contribution is 2.45. The molecule has 1 fully saturated rings. The van der Waals surface area contributed by atoms with Gasteiger partial charge in [-0.25, -0.2) is 0 Å². The van der Waals surface area contributed by atoms with E-state index in [2.05, 4.69) is 5.10 Å². The van der Waals surface area contributed by atoms with Gasteiger partial charge in [0.2, 0.25) is 0 Å². The molecule has 32 heavy (non-hydrogen) atoms. The van der Waals surface area contributed by atoms with Crippen molar-refractivity contribution >= 4 is 17.4 Å². The Morgan fingerprint density at radius 3 is 2.41 bits per heavy atom. The van der Waals surface area contributed by atoms with Crippen LogP contribution in [0.3, 0.4) is 0 Å². The second kappa shape index (κ2) is 9.04. The van der Waals surface area contributed by atoms with Crippen LogP contribution in [0, 0.1) is 13.8 Å². The van der Waals surface area contributed by atoms with Crippen LogP contribution in [0.5, 0.6) is 11.5 Å². The molecule has 0 aliphatic carbocycles. The second-order valence-electron chi connectivity index (χ2n) is 8.05. The Kier molecular flexibility index (Phi) is 6.59. The maximum atomic E-state index is 13.2. The Balaban J connectivity index is 2.30. The highest BCUT2D eigenvalue weighted by molar-refractivity contribution is 6.46. The van der Waals surface area contributed by atoms with Crippen LogP contribution in [0.25, 0.3) is 5.76 Å². The van der Waals surface area contributed by atoms with Crippen LogP contribution >= 0.6 is 0 Å². The number of carbonyl (C=O) groups is 2. The third kappa shape index (κ3) is 3.84. The molecule has 1 aromatic heterocycles. The lowest BCUT2D eigenvalue weighted by Crippen LogP contribution is -2.35. The van der Waals surface area contributed by atoms with Gasteiger partial charge in [0.05, 0.1) is 37.1 Å². The molecular formula is C23H30N4O5. The number of benzene rings is 1. The molecule has 1 aliphatic heterocycles. The molecule has 2 aromatic rings. The van der Waals surface area contributed by atoms with E-state index in [1.807, 2.05) is 19.0 Å². The van der Waals surface area contributed by atoms with Crippen LogP contribution in [-0.2, 0) is 16.6 Å². The number of carbonyl (C=O) groups excluding carboxylic acids is 2. The molecular weight excluding hydrogens is 412 g/mol. The molecule has 1 N–H and O–H groups in total. The van der Waals surface area contributed by atoms with E-state index in [9.17, 15) is 14.7 Å². The first-order chi connectivity index (χ1) is 15.1. The third-order valence-electron chi connectivity index (χ3n) is 5.80. The first-order valence-corrected chi connectivity index (χ1v) is 10.3. The van der Waals surface area contributed by atoms with E-state index in [0.717, 1.165) is 0 Å². The summed E-state index contributed by atoms with van der Waals surface area (Å²) in [5.41, 5.74) is 2.28. The van der Waals surface area contributed by atoms with Gasteiger partial charge in [-0.2, -0.15) is 5.10 Å². The van der Waals surface area contributed by atoms with Gasteiger partial charge in [-0.3, -0.25) is 14.3 Å². The quantitative estimate of drug-likeness (QED) is 0.398. The van der Waals surface area contributed by atoms with Crippen molar-refractivity contribution in [3.05, 3.63) is 46.3 Å². The number of nitrogens with zero attached hydrogens (tertiary/aromatic N) is 4. The Labute approximate surface area is 187 Å². The monoisotopic (exact) mass is 442 g/mol. The van der Waals surface area contributed by atoms with Crippen molar-refractivity contribution < 1.29 is 24.2 Å². The van der Waals surface area contributed by atoms with E-state index in [1.165, 1.54) is 19.1 Å². The fourth-order valence-corrected chi connectivity index (χ4v) is 4.12. The summed E-state index contributed by atoms with van der Waals surface area (Å²) < 4.78 is 12.7. The number of rotatable bonds is 7. The molecule has 0 saturated carbocycles. The highest BCUT2D eigenvalue weighted by Gasteiger charge is 2.47. The number of ketones is 1. The van der Waals surface area contributed by atoms with Gasteiger partial charge in [-0.1, -0.05) is 12.1 Å². The number of aliphatic hydroxyl groups is 1. The summed E-state index contributed by atoms with van der Waals surface area (Å²) in [6.45, 7) is 4.40. The van der Waals surface area contributed by atoms with E-state index in [-0.39, 0.29) is 11.3 Å². The van der Waals surface area contributed by atoms with Crippen LogP contribution in [0.4, 0.5) is 0 Å². The smallest absolute Gasteiger partial charge is 0.295 e. The summed E-state index contributed by atoms with van der Waals surface area (Å²) in [7, 11) is 8.56. The average Bonchev–Trinajstić information content (AvgIpc) is 3.16. The molecule has 3 rings (SSSR count). The Morgan fingerprint density at radius 1 is 1.19 bits per heavy atom. The Morgan fingerprint density at radius 2 is 1.88 bits per heavy atom. The van der Waals surface area contributed by atoms with Gasteiger partial charge >= 0.3 is 0 Å². The highest BCUT2D eigenvalue weighted by atomic mass is 16.5. The minimum atomic E-state index is -0.834. The Hall–Kier alpha value is -3.33. The maximum Gasteiger partial charge on any atom is 0.295 e. The number of ether oxygens (including phenoxy) is 2. The number of hydrogen-bond acceptors (Lipinski definition) is 7. The lowest BCUT2D eigenvalue weighted by Gasteiger charge is -2.28. The molecule has 0 unspecified atom stereocenters. The summed E-state index contributed by atoms with van der Waals surface area (Å²) in [4.78, 5) is 29.7. The van der Waals surface area contributed by atoms with Crippen molar-refractivity contribution in [1.29, 1.82) is 0 Å². The molecule has 1 aliphatic rings. The normalized spacial score (nSPS) is 18.0. The number of hydrogen-bond donors (Lipinski definition) is 1. The lowest BCUT2D eigenvalue weighted by atomic mass is 9.93. The topological polar surface area (TPSA) is 97.1 Å². The Bertz CT molecular complexity index is 1090. The number of Topliss-reactive ketones (excluding diaryl/α,β-unsaturated/α-hetero) is 1. The number of aliphatic hydroxyl groups excluding tert-OH is 1. The van der Waals surface area contributed by atoms with Crippen molar-refractivity contribution in [3.63, 3.8) is 0 Å². The fraction of sp³-hybridized carbons (Fsp3) is 0.435. The molecule has 172 valence electrons. The molecule has 1 aromatic carbocycles. The minimum absolute atomic E-state index is 0.0134. The number of para-hydroxylation sites is 1. The second-order valence-corrected chi connectivity index (χ2v) is 8.05. The number of likely N-dealkylation sites (N-methyl/N-ethyl adjacent to an activating group) is 1. The first-order valence-electron chi connectivity index (χ1n) is 10.3. The predicted molar refractivity (Wildman–Crippen MR) is 120 cm³/mol. The van der Waals surface area contributed by atoms with Gasteiger partial charge in [0.15, 0.2) is 11.5 Å². The third-order valence-corrected chi connectivity index (χ3v) is 5.80. The summed E-state index contributed by atoms with van der Waals surface area (Å²) in [6, 6.07) is 4.45. The molecule has 1 amide bonds. The van der Waals surface area contributed by atoms with Crippen molar-refractivity contribution in [2.75, 3.05) is 41.4 Å². The molecule has 9 heteroatoms. The SMILES string of the molecule is COc1cccc([C@@H]2/C(=C(\O)c3c(C)nn(C)c3C)C(=O)C(=O)N2CCN(C)C)c1OC. The first kappa shape index (κ1) is 23.3. The molecule has 0 spiro atoms. The van der Waals surface area contributed by atoms with Crippen molar-refractivity contribution in [3.8, 4) is 11.5 Å². The largest absolute Gasteiger partial charge is 0.507 e. The van der Waals surface area contributed by atoms with Crippen LogP contribution in [0.2, 0.25) is 0 Å². The van der Waals surface area contributed by atoms with Crippen molar-refractivity contribution in [2.24, 2.45) is 7.05 Å². The average molecular weight is 443 g/mol. The number of aryl methyl sites for hydroxylation is 2. The molecule has 0 bridgehead atoms. The molecule has 1 atom stereocenters. The van der Waals surface area contributed by atoms with Crippen molar-refractivity contribution in [2.45, 2.75) is 19.9 Å². The zero-order chi connectivity index (χ0) is 23.7. The molecule has 2 heterocycles. The van der Waals surface area contributed by atoms with Crippen LogP contribution in [-0.4, -0.2) is 77.8 Å². The minimum Gasteiger partial charge on any atom is -0.507 e. The van der Waals surface area contributed by atoms with E-state index < -0.39 is 17.7 Å². The lowest BCUT2D eigenvalue weighted by molar-refractivity contribution is -0.140. The maximum absolute atomic E-state index is 13.2. The van der Waals surface area contributed by atoms with E-state index >= 15 is 0 Å². The standard InChI is InChI=1S/C23H30N4O5/c1-13-17(14(2)26(5)24-13)20(28)18-19(15-9-8-10-16(31-6)22(15)32-7)27(12-11-25(3)4)23(30)21(18)29/h8-10,19,28H,11-12H2,1-7H3/b20-18+/t19-/m1/s1. The summed E-state index contributed by atoms with van der Waals surface area (Å²) in [6.07, 6.45) is 0. The van der Waals surface area contributed by atoms with Crippen LogP contribution < -0.4 is 9.47 Å². The fourth-order valence-electron chi connectivity index (χ4n) is 4.12. The summed E-state index contributed by atoms with van der Waals surface area (Å²) in [5.74, 6) is -0.769. The summed E-state index contributed by atoms with van der Waals surface area (Å²) >= 11 is 0. The van der Waals surface area contributed by atoms with E-state index in [0.29, 0.717) is 47.1 Å². The predicted octanol–water partition coefficient (Wildman–Crippen LogP) is 2.04. The van der Waals surface area contributed by atoms with Crippen LogP contribution in [0.1, 0.15) is 28.6 Å². The van der Waals surface area contributed by atoms with E-state index in [4.69, 9.17) is 9.47 Å². The van der Waals surface area contributed by atoms with Crippen LogP contribution in [0.15, 0.2) is 23.8 Å². The number of methoxy groups -OCH3 is 2. The van der Waals surface area contributed by atoms with Gasteiger partial charge in [0.25, 0.3) is 11.7 Å². The van der Waals surface area contributed by atoms with Gasteiger partial charge in [-0.05, 0) is 34.0 Å². The van der Waals surface area contributed by atoms with Gasteiger partial charge < -0.3 is 24.4 Å². The number of amides is 1. The number of likely N-dealkylation sites (tertiary alicyclic amines) is 1. The summed E-state index contributed by atoms with van der Waals surface area (Å²) in [5, 5.41) is 15.7. The molecule has 9 nitrogen and oxygen atoms in total. The molecule has 0 radical (unpaired) electrons. The van der Waals surface area contributed by atoms with Gasteiger partial charge in [-0.15, -0.1) is 0 Å². The number of aromatic nitrogens is 2.